The third-order valence-corrected chi connectivity index (χ3v) is 8.53. The molecule has 0 aromatic heterocycles. The maximum Gasteiger partial charge on any atom is 0.499 e. The lowest BCUT2D eigenvalue weighted by Crippen LogP contribution is -2.34. The minimum atomic E-state index is -5.17. The Morgan fingerprint density at radius 2 is 1.62 bits per heavy atom. The molecule has 1 aromatic carbocycles. The van der Waals surface area contributed by atoms with E-state index >= 15 is 0 Å². The maximum absolute atomic E-state index is 13.0. The van der Waals surface area contributed by atoms with Crippen molar-refractivity contribution < 1.29 is 34.8 Å². The van der Waals surface area contributed by atoms with Crippen LogP contribution in [-0.4, -0.2) is 31.3 Å². The molecule has 0 amide bonds. The summed E-state index contributed by atoms with van der Waals surface area (Å²) in [5.41, 5.74) is 7.44. The van der Waals surface area contributed by atoms with E-state index in [1.54, 1.807) is 0 Å². The summed E-state index contributed by atoms with van der Waals surface area (Å²) in [7, 11) is -9.74. The highest BCUT2D eigenvalue weighted by Gasteiger charge is 2.50. The lowest BCUT2D eigenvalue weighted by Gasteiger charge is -2.12. The molecule has 0 atom stereocenters. The Bertz CT molecular complexity index is 895. The largest absolute Gasteiger partial charge is 0.499 e. The van der Waals surface area contributed by atoms with Gasteiger partial charge >= 0.3 is 10.6 Å². The molecule has 11 heteroatoms. The molecular weight excluding hydrogens is 369 g/mol. The first kappa shape index (κ1) is 18.6. The summed E-state index contributed by atoms with van der Waals surface area (Å²) in [6.45, 7) is 0. The Balaban J connectivity index is 2.64. The van der Waals surface area contributed by atoms with E-state index in [4.69, 9.17) is 5.53 Å². The van der Waals surface area contributed by atoms with Gasteiger partial charge in [-0.15, -0.1) is 4.79 Å². The molecule has 24 heavy (non-hydrogen) atoms. The molecule has 1 aromatic rings. The van der Waals surface area contributed by atoms with E-state index in [1.807, 2.05) is 0 Å². The summed E-state index contributed by atoms with van der Waals surface area (Å²) in [5, 5.41) is -1.09. The summed E-state index contributed by atoms with van der Waals surface area (Å²) in [6.07, 6.45) is -3.60. The summed E-state index contributed by atoms with van der Waals surface area (Å²) in [5.74, 6) is 0. The summed E-state index contributed by atoms with van der Waals surface area (Å²) < 4.78 is 87.2. The molecule has 0 N–H and O–H groups in total. The molecule has 1 fully saturated rings. The predicted octanol–water partition coefficient (Wildman–Crippen LogP) is 2.42. The molecule has 0 spiro atoms. The quantitative estimate of drug-likeness (QED) is 0.339. The zero-order valence-electron chi connectivity index (χ0n) is 12.2. The molecule has 0 unspecified atom stereocenters. The van der Waals surface area contributed by atoms with Gasteiger partial charge in [-0.1, -0.05) is 25.0 Å². The van der Waals surface area contributed by atoms with Gasteiger partial charge in [0.05, 0.1) is 15.7 Å². The molecule has 6 nitrogen and oxygen atoms in total. The second kappa shape index (κ2) is 6.30. The second-order valence-corrected chi connectivity index (χ2v) is 9.55. The molecule has 1 saturated carbocycles. The van der Waals surface area contributed by atoms with Crippen molar-refractivity contribution >= 4 is 24.1 Å². The number of sulfone groups is 2. The van der Waals surface area contributed by atoms with Crippen LogP contribution in [0, 0.1) is 0 Å². The highest BCUT2D eigenvalue weighted by molar-refractivity contribution is 8.31. The molecule has 0 bridgehead atoms. The van der Waals surface area contributed by atoms with E-state index < -0.39 is 45.9 Å². The van der Waals surface area contributed by atoms with Crippen LogP contribution >= 0.6 is 0 Å². The van der Waals surface area contributed by atoms with Gasteiger partial charge in [-0.3, -0.25) is 0 Å². The fourth-order valence-corrected chi connectivity index (χ4v) is 6.91. The molecule has 0 radical (unpaired) electrons. The number of alkyl halides is 3. The van der Waals surface area contributed by atoms with Crippen LogP contribution in [0.1, 0.15) is 31.2 Å². The minimum absolute atomic E-state index is 0.164. The molecular formula is C13H13F3N2O4S2. The number of hydrogen-bond acceptors (Lipinski definition) is 4. The lowest BCUT2D eigenvalue weighted by atomic mass is 10.2. The summed E-state index contributed by atoms with van der Waals surface area (Å²) in [4.78, 5) is 1.09. The second-order valence-electron chi connectivity index (χ2n) is 5.31. The Morgan fingerprint density at radius 3 is 2.12 bits per heavy atom. The number of nitrogens with zero attached hydrogens (tertiary/aromatic N) is 2. The highest BCUT2D eigenvalue weighted by Crippen LogP contribution is 2.36. The van der Waals surface area contributed by atoms with Crippen LogP contribution < -0.4 is 0 Å². The molecule has 0 saturated heterocycles. The van der Waals surface area contributed by atoms with Crippen LogP contribution in [0.3, 0.4) is 0 Å². The van der Waals surface area contributed by atoms with E-state index in [-0.39, 0.29) is 12.8 Å². The highest BCUT2D eigenvalue weighted by atomic mass is 32.3. The third kappa shape index (κ3) is 3.24. The minimum Gasteiger partial charge on any atom is -0.359 e. The van der Waals surface area contributed by atoms with Gasteiger partial charge in [0.2, 0.25) is 0 Å². The van der Waals surface area contributed by atoms with Gasteiger partial charge < -0.3 is 5.53 Å². The van der Waals surface area contributed by atoms with Gasteiger partial charge in [0.25, 0.3) is 19.7 Å². The van der Waals surface area contributed by atoms with Crippen molar-refractivity contribution in [3.05, 3.63) is 35.4 Å². The number of rotatable bonds is 2. The van der Waals surface area contributed by atoms with Gasteiger partial charge in [-0.2, -0.15) is 13.2 Å². The third-order valence-electron chi connectivity index (χ3n) is 3.78. The molecule has 0 aliphatic heterocycles. The van der Waals surface area contributed by atoms with Crippen molar-refractivity contribution in [3.63, 3.8) is 0 Å². The van der Waals surface area contributed by atoms with Crippen molar-refractivity contribution in [3.8, 4) is 0 Å². The van der Waals surface area contributed by atoms with Gasteiger partial charge in [0, 0.05) is 0 Å². The van der Waals surface area contributed by atoms with Crippen molar-refractivity contribution in [2.24, 2.45) is 0 Å². The monoisotopic (exact) mass is 382 g/mol. The zero-order chi connectivity index (χ0) is 18.2. The van der Waals surface area contributed by atoms with E-state index in [9.17, 15) is 30.0 Å². The van der Waals surface area contributed by atoms with Crippen LogP contribution in [0.4, 0.5) is 13.2 Å². The topological polar surface area (TPSA) is 105 Å². The van der Waals surface area contributed by atoms with E-state index in [1.165, 1.54) is 0 Å². The molecule has 1 aliphatic rings. The average Bonchev–Trinajstić information content (AvgIpc) is 3.01. The summed E-state index contributed by atoms with van der Waals surface area (Å²) in [6, 6.07) is 3.15. The SMILES string of the molecule is [N-]=[N+]=C(S(=O)(=O)c1ccccc1C(F)(F)F)S(=O)(=O)C1CCCC1. The first-order chi connectivity index (χ1) is 11.0. The van der Waals surface area contributed by atoms with Crippen LogP contribution in [0.25, 0.3) is 5.53 Å². The van der Waals surface area contributed by atoms with Gasteiger partial charge in [-0.05, 0) is 25.0 Å². The first-order valence-electron chi connectivity index (χ1n) is 6.90. The Kier molecular flexibility index (Phi) is 4.89. The number of halogens is 3. The Labute approximate surface area is 136 Å². The van der Waals surface area contributed by atoms with Gasteiger partial charge in [-0.25, -0.2) is 16.8 Å². The fraction of sp³-hybridized carbons (Fsp3) is 0.462. The first-order valence-corrected chi connectivity index (χ1v) is 9.93. The van der Waals surface area contributed by atoms with Gasteiger partial charge in [0.1, 0.15) is 0 Å². The Morgan fingerprint density at radius 1 is 1.08 bits per heavy atom. The van der Waals surface area contributed by atoms with Crippen molar-refractivity contribution in [2.75, 3.05) is 0 Å². The van der Waals surface area contributed by atoms with Crippen molar-refractivity contribution in [1.82, 2.24) is 0 Å². The fourth-order valence-electron chi connectivity index (χ4n) is 2.63. The lowest BCUT2D eigenvalue weighted by molar-refractivity contribution is -0.139. The van der Waals surface area contributed by atoms with Crippen molar-refractivity contribution in [2.45, 2.75) is 42.0 Å². The predicted molar refractivity (Wildman–Crippen MR) is 78.4 cm³/mol. The summed E-state index contributed by atoms with van der Waals surface area (Å²) >= 11 is 0. The standard InChI is InChI=1S/C13H13F3N2O4S2/c14-13(15,16)10-7-3-4-8-11(10)24(21,22)12(18-17)23(19,20)9-5-1-2-6-9/h3-4,7-9H,1-2,5-6H2. The molecule has 2 rings (SSSR count). The van der Waals surface area contributed by atoms with E-state index in [0.717, 1.165) is 12.1 Å². The molecule has 0 heterocycles. The Hall–Kier alpha value is -1.71. The average molecular weight is 382 g/mol. The molecule has 132 valence electrons. The van der Waals surface area contributed by atoms with Crippen LogP contribution in [-0.2, 0) is 25.9 Å². The van der Waals surface area contributed by atoms with Crippen molar-refractivity contribution in [1.29, 1.82) is 0 Å². The number of benzene rings is 1. The normalized spacial score (nSPS) is 16.8. The maximum atomic E-state index is 13.0. The smallest absolute Gasteiger partial charge is 0.359 e. The van der Waals surface area contributed by atoms with E-state index in [0.29, 0.717) is 25.0 Å². The van der Waals surface area contributed by atoms with Crippen LogP contribution in [0.15, 0.2) is 29.2 Å². The zero-order valence-corrected chi connectivity index (χ0v) is 13.8. The number of hydrogen-bond donors (Lipinski definition) is 0. The van der Waals surface area contributed by atoms with Crippen LogP contribution in [0.2, 0.25) is 0 Å². The van der Waals surface area contributed by atoms with E-state index in [2.05, 4.69) is 4.79 Å². The van der Waals surface area contributed by atoms with Crippen LogP contribution in [0.5, 0.6) is 0 Å². The molecule has 1 aliphatic carbocycles. The van der Waals surface area contributed by atoms with Gasteiger partial charge in [0.15, 0.2) is 0 Å².